The summed E-state index contributed by atoms with van der Waals surface area (Å²) in [4.78, 5) is 52.1. The van der Waals surface area contributed by atoms with Crippen LogP contribution in [0, 0.1) is 6.92 Å². The van der Waals surface area contributed by atoms with Gasteiger partial charge in [0.15, 0.2) is 18.1 Å². The van der Waals surface area contributed by atoms with Gasteiger partial charge in [0.1, 0.15) is 11.8 Å². The molecule has 1 aliphatic rings. The van der Waals surface area contributed by atoms with Crippen LogP contribution in [0.4, 0.5) is 10.5 Å². The fourth-order valence-electron chi connectivity index (χ4n) is 3.55. The second-order valence-corrected chi connectivity index (χ2v) is 7.53. The molecule has 1 N–H and O–H groups in total. The van der Waals surface area contributed by atoms with Crippen LogP contribution in [0.15, 0.2) is 42.5 Å². The van der Waals surface area contributed by atoms with Crippen LogP contribution in [0.1, 0.15) is 18.9 Å². The second kappa shape index (κ2) is 11.2. The second-order valence-electron chi connectivity index (χ2n) is 7.53. The third-order valence-electron chi connectivity index (χ3n) is 5.17. The van der Waals surface area contributed by atoms with Crippen LogP contribution in [0.25, 0.3) is 0 Å². The summed E-state index contributed by atoms with van der Waals surface area (Å²) in [6.07, 6.45) is -1.26. The highest BCUT2D eigenvalue weighted by Gasteiger charge is 2.45. The lowest BCUT2D eigenvalue weighted by Gasteiger charge is -2.27. The smallest absolute Gasteiger partial charge is 0.426 e. The van der Waals surface area contributed by atoms with Crippen LogP contribution in [0.2, 0.25) is 0 Å². The molecule has 1 atom stereocenters. The lowest BCUT2D eigenvalue weighted by atomic mass is 10.2. The Kier molecular flexibility index (Phi) is 8.13. The van der Waals surface area contributed by atoms with Crippen LogP contribution < -0.4 is 24.5 Å². The van der Waals surface area contributed by atoms with Crippen molar-refractivity contribution < 1.29 is 38.1 Å². The summed E-state index contributed by atoms with van der Waals surface area (Å²) in [6, 6.07) is 10.3. The van der Waals surface area contributed by atoms with Gasteiger partial charge in [0.2, 0.25) is 5.91 Å². The molecule has 1 unspecified atom stereocenters. The van der Waals surface area contributed by atoms with Gasteiger partial charge in [-0.25, -0.2) is 20.1 Å². The Labute approximate surface area is 202 Å². The molecule has 1 heterocycles. The first-order valence-electron chi connectivity index (χ1n) is 10.8. The topological polar surface area (TPSA) is 124 Å². The summed E-state index contributed by atoms with van der Waals surface area (Å²) < 4.78 is 20.8. The number of anilines is 1. The molecule has 0 radical (unpaired) electrons. The van der Waals surface area contributed by atoms with E-state index in [0.29, 0.717) is 22.9 Å². The van der Waals surface area contributed by atoms with Crippen molar-refractivity contribution in [3.8, 4) is 17.2 Å². The number of methoxy groups -OCH3 is 2. The van der Waals surface area contributed by atoms with Gasteiger partial charge < -0.3 is 18.9 Å². The van der Waals surface area contributed by atoms with Crippen LogP contribution in [-0.2, 0) is 19.1 Å². The summed E-state index contributed by atoms with van der Waals surface area (Å²) in [5.41, 5.74) is 3.51. The quantitative estimate of drug-likeness (QED) is 0.446. The minimum Gasteiger partial charge on any atom is -0.493 e. The fourth-order valence-corrected chi connectivity index (χ4v) is 3.55. The van der Waals surface area contributed by atoms with Crippen molar-refractivity contribution in [3.05, 3.63) is 48.0 Å². The summed E-state index contributed by atoms with van der Waals surface area (Å²) in [5, 5.41) is 0.786. The highest BCUT2D eigenvalue weighted by atomic mass is 16.6. The summed E-state index contributed by atoms with van der Waals surface area (Å²) in [6.45, 7) is 2.93. The number of nitrogens with one attached hydrogen (secondary N) is 1. The first-order chi connectivity index (χ1) is 16.8. The van der Waals surface area contributed by atoms with E-state index in [2.05, 4.69) is 5.43 Å². The van der Waals surface area contributed by atoms with Crippen molar-refractivity contribution in [2.45, 2.75) is 26.3 Å². The maximum atomic E-state index is 13.2. The van der Waals surface area contributed by atoms with Crippen LogP contribution in [-0.4, -0.2) is 62.3 Å². The minimum atomic E-state index is -1.27. The third kappa shape index (κ3) is 5.81. The van der Waals surface area contributed by atoms with E-state index in [1.165, 1.54) is 20.3 Å². The van der Waals surface area contributed by atoms with Gasteiger partial charge in [-0.1, -0.05) is 12.1 Å². The molecule has 1 saturated heterocycles. The summed E-state index contributed by atoms with van der Waals surface area (Å²) in [7, 11) is 2.95. The molecule has 0 aliphatic carbocycles. The van der Waals surface area contributed by atoms with E-state index >= 15 is 0 Å². The molecular weight excluding hydrogens is 458 g/mol. The average molecular weight is 485 g/mol. The molecule has 0 bridgehead atoms. The number of nitrogens with zero attached hydrogens (tertiary/aromatic N) is 2. The Hall–Kier alpha value is -4.28. The zero-order valence-corrected chi connectivity index (χ0v) is 19.9. The van der Waals surface area contributed by atoms with Gasteiger partial charge in [0, 0.05) is 6.07 Å². The molecule has 1 aliphatic heterocycles. The van der Waals surface area contributed by atoms with Crippen molar-refractivity contribution in [3.63, 3.8) is 0 Å². The number of hydrogen-bond donors (Lipinski definition) is 1. The molecule has 0 aromatic heterocycles. The molecule has 0 spiro atoms. The fraction of sp³-hybridized carbons (Fsp3) is 0.333. The molecule has 3 rings (SSSR count). The van der Waals surface area contributed by atoms with Crippen molar-refractivity contribution in [1.29, 1.82) is 0 Å². The third-order valence-corrected chi connectivity index (χ3v) is 5.17. The molecule has 2 aromatic rings. The predicted octanol–water partition coefficient (Wildman–Crippen LogP) is 2.21. The molecule has 1 fully saturated rings. The highest BCUT2D eigenvalue weighted by molar-refractivity contribution is 6.23. The Morgan fingerprint density at radius 2 is 1.83 bits per heavy atom. The lowest BCUT2D eigenvalue weighted by molar-refractivity contribution is -0.143. The standard InChI is InChI=1S/C24H27N3O8/c1-5-34-24(31)25-27(22(29)14-35-17-9-10-19(32-3)20(12-17)33-4)18-13-21(28)26(23(18)30)16-8-6-7-15(2)11-16/h6-12,18H,5,13-14H2,1-4H3,(H,25,31). The molecule has 2 aromatic carbocycles. The number of amides is 4. The van der Waals surface area contributed by atoms with E-state index in [-0.39, 0.29) is 13.0 Å². The lowest BCUT2D eigenvalue weighted by Crippen LogP contribution is -2.56. The minimum absolute atomic E-state index is 0.0446. The normalized spacial score (nSPS) is 15.0. The van der Waals surface area contributed by atoms with E-state index in [1.54, 1.807) is 37.3 Å². The first-order valence-corrected chi connectivity index (χ1v) is 10.8. The molecule has 186 valence electrons. The zero-order valence-electron chi connectivity index (χ0n) is 19.9. The number of hydrogen-bond acceptors (Lipinski definition) is 8. The van der Waals surface area contributed by atoms with Gasteiger partial charge in [0.25, 0.3) is 11.8 Å². The number of carbonyl (C=O) groups is 4. The largest absolute Gasteiger partial charge is 0.493 e. The highest BCUT2D eigenvalue weighted by Crippen LogP contribution is 2.31. The Morgan fingerprint density at radius 1 is 1.09 bits per heavy atom. The maximum Gasteiger partial charge on any atom is 0.426 e. The van der Waals surface area contributed by atoms with E-state index < -0.39 is 36.5 Å². The van der Waals surface area contributed by atoms with Crippen LogP contribution in [0.3, 0.4) is 0 Å². The van der Waals surface area contributed by atoms with Gasteiger partial charge >= 0.3 is 6.09 Å². The van der Waals surface area contributed by atoms with E-state index in [4.69, 9.17) is 18.9 Å². The molecule has 11 heteroatoms. The van der Waals surface area contributed by atoms with E-state index in [0.717, 1.165) is 15.5 Å². The number of imide groups is 1. The zero-order chi connectivity index (χ0) is 25.5. The number of ether oxygens (including phenoxy) is 4. The number of aryl methyl sites for hydroxylation is 1. The molecule has 0 saturated carbocycles. The van der Waals surface area contributed by atoms with Crippen molar-refractivity contribution in [2.24, 2.45) is 0 Å². The molecular formula is C24H27N3O8. The maximum absolute atomic E-state index is 13.2. The number of hydrazine groups is 1. The summed E-state index contributed by atoms with van der Waals surface area (Å²) >= 11 is 0. The van der Waals surface area contributed by atoms with Crippen molar-refractivity contribution >= 4 is 29.5 Å². The number of benzene rings is 2. The van der Waals surface area contributed by atoms with Gasteiger partial charge in [-0.05, 0) is 43.7 Å². The number of carbonyl (C=O) groups excluding carboxylic acids is 4. The predicted molar refractivity (Wildman–Crippen MR) is 124 cm³/mol. The van der Waals surface area contributed by atoms with E-state index in [1.807, 2.05) is 13.0 Å². The number of rotatable bonds is 8. The summed E-state index contributed by atoms with van der Waals surface area (Å²) in [5.74, 6) is -0.758. The van der Waals surface area contributed by atoms with E-state index in [9.17, 15) is 19.2 Å². The first kappa shape index (κ1) is 25.3. The Balaban J connectivity index is 1.80. The van der Waals surface area contributed by atoms with Crippen LogP contribution in [0.5, 0.6) is 17.2 Å². The molecule has 35 heavy (non-hydrogen) atoms. The van der Waals surface area contributed by atoms with Crippen molar-refractivity contribution in [2.75, 3.05) is 32.3 Å². The van der Waals surface area contributed by atoms with Crippen molar-refractivity contribution in [1.82, 2.24) is 10.4 Å². The average Bonchev–Trinajstić information content (AvgIpc) is 3.14. The SMILES string of the molecule is CCOC(=O)NN(C(=O)COc1ccc(OC)c(OC)c1)C1CC(=O)N(c2cccc(C)c2)C1=O. The monoisotopic (exact) mass is 485 g/mol. The molecule has 4 amide bonds. The van der Waals surface area contributed by atoms with Gasteiger partial charge in [-0.2, -0.15) is 0 Å². The van der Waals surface area contributed by atoms with Gasteiger partial charge in [-0.15, -0.1) is 0 Å². The Bertz CT molecular complexity index is 1120. The van der Waals surface area contributed by atoms with Gasteiger partial charge in [0.05, 0.1) is 32.9 Å². The van der Waals surface area contributed by atoms with Crippen LogP contribution >= 0.6 is 0 Å². The van der Waals surface area contributed by atoms with Gasteiger partial charge in [-0.3, -0.25) is 14.4 Å². The Morgan fingerprint density at radius 3 is 2.49 bits per heavy atom. The molecule has 11 nitrogen and oxygen atoms in total.